The van der Waals surface area contributed by atoms with Gasteiger partial charge in [0.05, 0.1) is 0 Å². The molecule has 1 nitrogen and oxygen atoms in total. The van der Waals surface area contributed by atoms with Gasteiger partial charge in [0.1, 0.15) is 0 Å². The van der Waals surface area contributed by atoms with E-state index in [1.54, 1.807) is 0 Å². The van der Waals surface area contributed by atoms with Crippen molar-refractivity contribution in [1.29, 1.82) is 0 Å². The fourth-order valence-corrected chi connectivity index (χ4v) is 2.35. The molecule has 1 saturated carbocycles. The monoisotopic (exact) mass is 165 g/mol. The van der Waals surface area contributed by atoms with Crippen molar-refractivity contribution in [1.82, 2.24) is 0 Å². The average molecular weight is 165 g/mol. The summed E-state index contributed by atoms with van der Waals surface area (Å²) in [4.78, 5) is 0. The second-order valence-electron chi connectivity index (χ2n) is 4.26. The Hall–Kier alpha value is -0.480. The quantitative estimate of drug-likeness (QED) is 0.637. The van der Waals surface area contributed by atoms with Gasteiger partial charge in [-0.3, -0.25) is 0 Å². The van der Waals surface area contributed by atoms with E-state index in [0.29, 0.717) is 5.41 Å². The van der Waals surface area contributed by atoms with E-state index in [4.69, 9.17) is 12.2 Å². The molecule has 0 aromatic carbocycles. The zero-order chi connectivity index (χ0) is 9.03. The number of nitrogens with two attached hydrogens (primary N) is 1. The molecule has 2 N–H and O–H groups in total. The topological polar surface area (TPSA) is 26.0 Å². The molecule has 0 saturated heterocycles. The highest BCUT2D eigenvalue weighted by molar-refractivity contribution is 4.93. The third kappa shape index (κ3) is 2.01. The lowest BCUT2D eigenvalue weighted by Gasteiger charge is -2.26. The fraction of sp³-hybridized carbons (Fsp3) is 0.818. The van der Waals surface area contributed by atoms with Crippen molar-refractivity contribution in [3.05, 3.63) is 0 Å². The van der Waals surface area contributed by atoms with Crippen LogP contribution in [0.25, 0.3) is 0 Å². The van der Waals surface area contributed by atoms with Gasteiger partial charge in [-0.05, 0) is 37.1 Å². The molecule has 0 aromatic heterocycles. The smallest absolute Gasteiger partial charge is 0.00918 e. The van der Waals surface area contributed by atoms with Crippen LogP contribution >= 0.6 is 0 Å². The molecule has 12 heavy (non-hydrogen) atoms. The van der Waals surface area contributed by atoms with Crippen LogP contribution in [0.2, 0.25) is 0 Å². The molecule has 2 atom stereocenters. The van der Waals surface area contributed by atoms with Gasteiger partial charge in [0.2, 0.25) is 0 Å². The Bertz CT molecular complexity index is 180. The molecule has 1 rings (SSSR count). The first-order valence-electron chi connectivity index (χ1n) is 4.86. The van der Waals surface area contributed by atoms with Crippen molar-refractivity contribution in [3.63, 3.8) is 0 Å². The molecular weight excluding hydrogens is 146 g/mol. The zero-order valence-corrected chi connectivity index (χ0v) is 7.97. The molecular formula is C11H19N. The Labute approximate surface area is 75.7 Å². The molecule has 0 radical (unpaired) electrons. The number of hydrogen-bond acceptors (Lipinski definition) is 1. The van der Waals surface area contributed by atoms with Gasteiger partial charge in [-0.1, -0.05) is 13.3 Å². The van der Waals surface area contributed by atoms with Crippen LogP contribution < -0.4 is 5.73 Å². The molecule has 2 unspecified atom stereocenters. The summed E-state index contributed by atoms with van der Waals surface area (Å²) in [6, 6.07) is 0. The standard InChI is InChI=1S/C11H19N/c1-3-4-6-11(9-12)7-5-10(2)8-11/h1,10H,4-9,12H2,2H3. The molecule has 0 bridgehead atoms. The highest BCUT2D eigenvalue weighted by atomic mass is 14.6. The van der Waals surface area contributed by atoms with Crippen molar-refractivity contribution in [2.45, 2.75) is 39.0 Å². The van der Waals surface area contributed by atoms with Crippen molar-refractivity contribution in [2.75, 3.05) is 6.54 Å². The van der Waals surface area contributed by atoms with Gasteiger partial charge in [-0.25, -0.2) is 0 Å². The second kappa shape index (κ2) is 3.96. The van der Waals surface area contributed by atoms with Crippen LogP contribution in [-0.4, -0.2) is 6.54 Å². The highest BCUT2D eigenvalue weighted by Crippen LogP contribution is 2.43. The van der Waals surface area contributed by atoms with E-state index < -0.39 is 0 Å². The van der Waals surface area contributed by atoms with Gasteiger partial charge in [0.25, 0.3) is 0 Å². The van der Waals surface area contributed by atoms with Crippen LogP contribution in [0.15, 0.2) is 0 Å². The molecule has 1 aliphatic carbocycles. The third-order valence-electron chi connectivity index (χ3n) is 3.18. The molecule has 0 heterocycles. The highest BCUT2D eigenvalue weighted by Gasteiger charge is 2.35. The number of hydrogen-bond donors (Lipinski definition) is 1. The normalized spacial score (nSPS) is 34.9. The first-order valence-corrected chi connectivity index (χ1v) is 4.86. The predicted molar refractivity (Wildman–Crippen MR) is 52.6 cm³/mol. The summed E-state index contributed by atoms with van der Waals surface area (Å²) in [6.45, 7) is 3.13. The summed E-state index contributed by atoms with van der Waals surface area (Å²) >= 11 is 0. The Balaban J connectivity index is 2.47. The third-order valence-corrected chi connectivity index (χ3v) is 3.18. The predicted octanol–water partition coefficient (Wildman–Crippen LogP) is 2.16. The van der Waals surface area contributed by atoms with Gasteiger partial charge in [0.15, 0.2) is 0 Å². The Kier molecular flexibility index (Phi) is 3.17. The van der Waals surface area contributed by atoms with Crippen molar-refractivity contribution in [2.24, 2.45) is 17.1 Å². The first kappa shape index (κ1) is 9.61. The van der Waals surface area contributed by atoms with Gasteiger partial charge in [-0.2, -0.15) is 0 Å². The largest absolute Gasteiger partial charge is 0.330 e. The molecule has 1 aliphatic rings. The Morgan fingerprint density at radius 3 is 2.83 bits per heavy atom. The molecule has 0 aromatic rings. The molecule has 1 heteroatoms. The van der Waals surface area contributed by atoms with E-state index in [1.165, 1.54) is 19.3 Å². The summed E-state index contributed by atoms with van der Waals surface area (Å²) in [6.07, 6.45) is 11.2. The van der Waals surface area contributed by atoms with E-state index in [0.717, 1.165) is 25.3 Å². The van der Waals surface area contributed by atoms with Gasteiger partial charge < -0.3 is 5.73 Å². The minimum Gasteiger partial charge on any atom is -0.330 e. The van der Waals surface area contributed by atoms with Crippen molar-refractivity contribution in [3.8, 4) is 12.3 Å². The number of rotatable bonds is 3. The summed E-state index contributed by atoms with van der Waals surface area (Å²) in [7, 11) is 0. The molecule has 0 spiro atoms. The molecule has 68 valence electrons. The maximum absolute atomic E-state index is 5.80. The van der Waals surface area contributed by atoms with Crippen LogP contribution in [0.1, 0.15) is 39.0 Å². The maximum Gasteiger partial charge on any atom is 0.00918 e. The lowest BCUT2D eigenvalue weighted by Crippen LogP contribution is -2.27. The van der Waals surface area contributed by atoms with E-state index in [1.807, 2.05) is 0 Å². The van der Waals surface area contributed by atoms with Crippen molar-refractivity contribution >= 4 is 0 Å². The number of terminal acetylenes is 1. The minimum atomic E-state index is 0.395. The van der Waals surface area contributed by atoms with E-state index >= 15 is 0 Å². The minimum absolute atomic E-state index is 0.395. The van der Waals surface area contributed by atoms with Crippen LogP contribution in [0.5, 0.6) is 0 Å². The maximum atomic E-state index is 5.80. The summed E-state index contributed by atoms with van der Waals surface area (Å²) < 4.78 is 0. The molecule has 1 fully saturated rings. The van der Waals surface area contributed by atoms with Crippen LogP contribution in [-0.2, 0) is 0 Å². The fourth-order valence-electron chi connectivity index (χ4n) is 2.35. The summed E-state index contributed by atoms with van der Waals surface area (Å²) in [5.74, 6) is 3.57. The lowest BCUT2D eigenvalue weighted by molar-refractivity contribution is 0.277. The average Bonchev–Trinajstić information content (AvgIpc) is 2.45. The van der Waals surface area contributed by atoms with Gasteiger partial charge in [-0.15, -0.1) is 12.3 Å². The first-order chi connectivity index (χ1) is 5.72. The Morgan fingerprint density at radius 2 is 2.42 bits per heavy atom. The lowest BCUT2D eigenvalue weighted by atomic mass is 9.81. The van der Waals surface area contributed by atoms with Crippen LogP contribution in [0.3, 0.4) is 0 Å². The zero-order valence-electron chi connectivity index (χ0n) is 7.97. The molecule has 0 amide bonds. The van der Waals surface area contributed by atoms with E-state index in [9.17, 15) is 0 Å². The van der Waals surface area contributed by atoms with Gasteiger partial charge >= 0.3 is 0 Å². The van der Waals surface area contributed by atoms with Crippen molar-refractivity contribution < 1.29 is 0 Å². The van der Waals surface area contributed by atoms with E-state index in [2.05, 4.69) is 12.8 Å². The second-order valence-corrected chi connectivity index (χ2v) is 4.26. The summed E-state index contributed by atoms with van der Waals surface area (Å²) in [5.41, 5.74) is 6.20. The van der Waals surface area contributed by atoms with Crippen LogP contribution in [0.4, 0.5) is 0 Å². The Morgan fingerprint density at radius 1 is 1.67 bits per heavy atom. The van der Waals surface area contributed by atoms with Gasteiger partial charge in [0, 0.05) is 6.42 Å². The van der Waals surface area contributed by atoms with Crippen LogP contribution in [0, 0.1) is 23.7 Å². The van der Waals surface area contributed by atoms with E-state index in [-0.39, 0.29) is 0 Å². The summed E-state index contributed by atoms with van der Waals surface area (Å²) in [5, 5.41) is 0. The molecule has 0 aliphatic heterocycles. The SMILES string of the molecule is C#CCCC1(CN)CCC(C)C1.